The zero-order chi connectivity index (χ0) is 11.4. The normalized spacial score (nSPS) is 10.5. The molecule has 82 valence electrons. The first-order valence-electron chi connectivity index (χ1n) is 5.27. The molecule has 0 aliphatic carbocycles. The first kappa shape index (κ1) is 11.8. The molecule has 0 atom stereocenters. The van der Waals surface area contributed by atoms with E-state index in [1.54, 1.807) is 0 Å². The fourth-order valence-electron chi connectivity index (χ4n) is 1.58. The number of hydrogen-bond donors (Lipinski definition) is 0. The molecule has 0 aliphatic rings. The van der Waals surface area contributed by atoms with Crippen molar-refractivity contribution in [2.24, 2.45) is 5.92 Å². The standard InChI is InChI=1S/C13H18O2/c1-9(2)7-12-5-6-13(10(3)8-12)15-11(4)14/h5-6,8-9H,7H2,1-4H3. The van der Waals surface area contributed by atoms with E-state index in [1.165, 1.54) is 12.5 Å². The Hall–Kier alpha value is -1.31. The SMILES string of the molecule is CC(=O)Oc1ccc(CC(C)C)cc1C. The lowest BCUT2D eigenvalue weighted by atomic mass is 10.0. The minimum atomic E-state index is -0.269. The number of hydrogen-bond acceptors (Lipinski definition) is 2. The fraction of sp³-hybridized carbons (Fsp3) is 0.462. The fourth-order valence-corrected chi connectivity index (χ4v) is 1.58. The van der Waals surface area contributed by atoms with E-state index in [-0.39, 0.29) is 5.97 Å². The molecule has 1 aromatic carbocycles. The lowest BCUT2D eigenvalue weighted by Gasteiger charge is -2.09. The highest BCUT2D eigenvalue weighted by atomic mass is 16.5. The van der Waals surface area contributed by atoms with Crippen LogP contribution in [-0.4, -0.2) is 5.97 Å². The van der Waals surface area contributed by atoms with Gasteiger partial charge in [0.15, 0.2) is 0 Å². The zero-order valence-corrected chi connectivity index (χ0v) is 9.83. The van der Waals surface area contributed by atoms with Gasteiger partial charge < -0.3 is 4.74 Å². The summed E-state index contributed by atoms with van der Waals surface area (Å²) in [5, 5.41) is 0. The van der Waals surface area contributed by atoms with Crippen LogP contribution in [0.1, 0.15) is 31.9 Å². The molecule has 0 aliphatic heterocycles. The number of carbonyl (C=O) groups is 1. The van der Waals surface area contributed by atoms with Gasteiger partial charge in [-0.15, -0.1) is 0 Å². The van der Waals surface area contributed by atoms with Crippen LogP contribution >= 0.6 is 0 Å². The van der Waals surface area contributed by atoms with Crippen molar-refractivity contribution < 1.29 is 9.53 Å². The molecule has 1 rings (SSSR count). The minimum Gasteiger partial charge on any atom is -0.426 e. The largest absolute Gasteiger partial charge is 0.426 e. The lowest BCUT2D eigenvalue weighted by molar-refractivity contribution is -0.131. The highest BCUT2D eigenvalue weighted by Gasteiger charge is 2.04. The van der Waals surface area contributed by atoms with Crippen molar-refractivity contribution in [3.05, 3.63) is 29.3 Å². The third-order valence-corrected chi connectivity index (χ3v) is 2.14. The summed E-state index contributed by atoms with van der Waals surface area (Å²) in [5.41, 5.74) is 2.31. The first-order chi connectivity index (χ1) is 6.99. The maximum absolute atomic E-state index is 10.8. The quantitative estimate of drug-likeness (QED) is 0.561. The van der Waals surface area contributed by atoms with Crippen LogP contribution < -0.4 is 4.74 Å². The average Bonchev–Trinajstić information content (AvgIpc) is 2.08. The second-order valence-corrected chi connectivity index (χ2v) is 4.29. The van der Waals surface area contributed by atoms with Gasteiger partial charge in [0.2, 0.25) is 0 Å². The smallest absolute Gasteiger partial charge is 0.308 e. The van der Waals surface area contributed by atoms with Crippen LogP contribution in [0.2, 0.25) is 0 Å². The molecule has 0 saturated carbocycles. The first-order valence-corrected chi connectivity index (χ1v) is 5.27. The van der Waals surface area contributed by atoms with Crippen molar-refractivity contribution in [2.45, 2.75) is 34.1 Å². The number of aryl methyl sites for hydroxylation is 1. The Morgan fingerprint density at radius 3 is 2.53 bits per heavy atom. The molecule has 0 N–H and O–H groups in total. The van der Waals surface area contributed by atoms with Gasteiger partial charge in [0, 0.05) is 6.92 Å². The minimum absolute atomic E-state index is 0.269. The van der Waals surface area contributed by atoms with Crippen molar-refractivity contribution >= 4 is 5.97 Å². The second kappa shape index (κ2) is 4.96. The molecule has 0 unspecified atom stereocenters. The molecule has 0 fully saturated rings. The van der Waals surface area contributed by atoms with Crippen molar-refractivity contribution in [3.63, 3.8) is 0 Å². The molecule has 0 amide bonds. The molecule has 0 radical (unpaired) electrons. The maximum atomic E-state index is 10.8. The number of esters is 1. The summed E-state index contributed by atoms with van der Waals surface area (Å²) in [6.45, 7) is 7.76. The predicted octanol–water partition coefficient (Wildman–Crippen LogP) is 3.12. The van der Waals surface area contributed by atoms with E-state index in [4.69, 9.17) is 4.74 Å². The molecule has 0 bridgehead atoms. The Morgan fingerprint density at radius 2 is 2.07 bits per heavy atom. The number of rotatable bonds is 3. The van der Waals surface area contributed by atoms with E-state index in [2.05, 4.69) is 19.9 Å². The molecule has 0 aromatic heterocycles. The molecule has 0 heterocycles. The Balaban J connectivity index is 2.83. The van der Waals surface area contributed by atoms with Crippen LogP contribution in [0, 0.1) is 12.8 Å². The Morgan fingerprint density at radius 1 is 1.40 bits per heavy atom. The monoisotopic (exact) mass is 206 g/mol. The van der Waals surface area contributed by atoms with Crippen molar-refractivity contribution in [1.29, 1.82) is 0 Å². The van der Waals surface area contributed by atoms with Crippen LogP contribution in [0.25, 0.3) is 0 Å². The summed E-state index contributed by atoms with van der Waals surface area (Å²) in [5.74, 6) is 1.04. The second-order valence-electron chi connectivity index (χ2n) is 4.29. The third-order valence-electron chi connectivity index (χ3n) is 2.14. The third kappa shape index (κ3) is 3.74. The summed E-state index contributed by atoms with van der Waals surface area (Å²) in [7, 11) is 0. The molecule has 0 saturated heterocycles. The van der Waals surface area contributed by atoms with Crippen molar-refractivity contribution in [2.75, 3.05) is 0 Å². The number of ether oxygens (including phenoxy) is 1. The summed E-state index contributed by atoms with van der Waals surface area (Å²) in [6, 6.07) is 5.97. The maximum Gasteiger partial charge on any atom is 0.308 e. The van der Waals surface area contributed by atoms with Crippen LogP contribution in [-0.2, 0) is 11.2 Å². The number of benzene rings is 1. The average molecular weight is 206 g/mol. The van der Waals surface area contributed by atoms with Gasteiger partial charge in [-0.3, -0.25) is 4.79 Å². The van der Waals surface area contributed by atoms with Gasteiger partial charge in [-0.1, -0.05) is 26.0 Å². The zero-order valence-electron chi connectivity index (χ0n) is 9.83. The van der Waals surface area contributed by atoms with Crippen molar-refractivity contribution in [3.8, 4) is 5.75 Å². The van der Waals surface area contributed by atoms with E-state index < -0.39 is 0 Å². The summed E-state index contributed by atoms with van der Waals surface area (Å²) >= 11 is 0. The summed E-state index contributed by atoms with van der Waals surface area (Å²) in [4.78, 5) is 10.8. The van der Waals surface area contributed by atoms with E-state index in [0.29, 0.717) is 11.7 Å². The van der Waals surface area contributed by atoms with Gasteiger partial charge in [0.1, 0.15) is 5.75 Å². The Labute approximate surface area is 91.3 Å². The summed E-state index contributed by atoms with van der Waals surface area (Å²) < 4.78 is 5.07. The van der Waals surface area contributed by atoms with Crippen LogP contribution in [0.15, 0.2) is 18.2 Å². The van der Waals surface area contributed by atoms with Crippen LogP contribution in [0.5, 0.6) is 5.75 Å². The Bertz CT molecular complexity index is 354. The highest BCUT2D eigenvalue weighted by molar-refractivity contribution is 5.69. The Kier molecular flexibility index (Phi) is 3.89. The van der Waals surface area contributed by atoms with E-state index >= 15 is 0 Å². The van der Waals surface area contributed by atoms with E-state index in [0.717, 1.165) is 12.0 Å². The molecule has 2 heteroatoms. The molecular weight excluding hydrogens is 188 g/mol. The highest BCUT2D eigenvalue weighted by Crippen LogP contribution is 2.20. The molecule has 15 heavy (non-hydrogen) atoms. The topological polar surface area (TPSA) is 26.3 Å². The predicted molar refractivity (Wildman–Crippen MR) is 61.0 cm³/mol. The van der Waals surface area contributed by atoms with Gasteiger partial charge in [0.05, 0.1) is 0 Å². The van der Waals surface area contributed by atoms with Gasteiger partial charge in [-0.2, -0.15) is 0 Å². The van der Waals surface area contributed by atoms with E-state index in [9.17, 15) is 4.79 Å². The van der Waals surface area contributed by atoms with Gasteiger partial charge in [-0.25, -0.2) is 0 Å². The van der Waals surface area contributed by atoms with Crippen LogP contribution in [0.3, 0.4) is 0 Å². The molecule has 2 nitrogen and oxygen atoms in total. The number of carbonyl (C=O) groups excluding carboxylic acids is 1. The molecule has 0 spiro atoms. The van der Waals surface area contributed by atoms with Gasteiger partial charge in [-0.05, 0) is 36.5 Å². The molecular formula is C13H18O2. The van der Waals surface area contributed by atoms with Gasteiger partial charge in [0.25, 0.3) is 0 Å². The van der Waals surface area contributed by atoms with E-state index in [1.807, 2.05) is 19.1 Å². The van der Waals surface area contributed by atoms with Crippen LogP contribution in [0.4, 0.5) is 0 Å². The molecule has 1 aromatic rings. The van der Waals surface area contributed by atoms with Crippen molar-refractivity contribution in [1.82, 2.24) is 0 Å². The summed E-state index contributed by atoms with van der Waals surface area (Å²) in [6.07, 6.45) is 1.06. The lowest BCUT2D eigenvalue weighted by Crippen LogP contribution is -2.03. The van der Waals surface area contributed by atoms with Gasteiger partial charge >= 0.3 is 5.97 Å².